The summed E-state index contributed by atoms with van der Waals surface area (Å²) in [7, 11) is 0. The molecule has 0 aliphatic carbocycles. The van der Waals surface area contributed by atoms with Crippen LogP contribution in [-0.2, 0) is 11.3 Å². The van der Waals surface area contributed by atoms with Crippen molar-refractivity contribution >= 4 is 11.6 Å². The summed E-state index contributed by atoms with van der Waals surface area (Å²) in [5, 5.41) is 7.17. The van der Waals surface area contributed by atoms with Gasteiger partial charge < -0.3 is 9.73 Å². The van der Waals surface area contributed by atoms with Gasteiger partial charge in [-0.1, -0.05) is 18.2 Å². The smallest absolute Gasteiger partial charge is 0.266 e. The van der Waals surface area contributed by atoms with Crippen LogP contribution in [0.4, 0.5) is 5.69 Å². The second-order valence-electron chi connectivity index (χ2n) is 5.72. The Kier molecular flexibility index (Phi) is 5.09. The Morgan fingerprint density at radius 1 is 1.16 bits per heavy atom. The number of carbonyl (C=O) groups is 1. The fourth-order valence-corrected chi connectivity index (χ4v) is 2.48. The standard InChI is InChI=1S/C19H19N3O3/c1-14-6-2-3-7-15(14)20-18(23)9-4-12-22-19(24)11-10-16(21-22)17-8-5-13-25-17/h2-3,5-8,10-11,13H,4,9,12H2,1H3,(H,20,23). The molecule has 0 unspecified atom stereocenters. The Morgan fingerprint density at radius 3 is 2.76 bits per heavy atom. The number of nitrogens with one attached hydrogen (secondary N) is 1. The van der Waals surface area contributed by atoms with Gasteiger partial charge in [0.1, 0.15) is 5.69 Å². The first kappa shape index (κ1) is 16.7. The number of aryl methyl sites for hydroxylation is 2. The molecule has 0 saturated heterocycles. The largest absolute Gasteiger partial charge is 0.463 e. The van der Waals surface area contributed by atoms with Crippen LogP contribution in [0.15, 0.2) is 64.0 Å². The summed E-state index contributed by atoms with van der Waals surface area (Å²) < 4.78 is 6.65. The summed E-state index contributed by atoms with van der Waals surface area (Å²) in [5.74, 6) is 0.524. The van der Waals surface area contributed by atoms with Crippen molar-refractivity contribution in [1.29, 1.82) is 0 Å². The van der Waals surface area contributed by atoms with Crippen molar-refractivity contribution in [3.8, 4) is 11.5 Å². The molecule has 0 fully saturated rings. The number of anilines is 1. The lowest BCUT2D eigenvalue weighted by atomic mass is 10.2. The van der Waals surface area contributed by atoms with E-state index < -0.39 is 0 Å². The van der Waals surface area contributed by atoms with E-state index in [1.165, 1.54) is 10.7 Å². The second kappa shape index (κ2) is 7.61. The summed E-state index contributed by atoms with van der Waals surface area (Å²) in [6.07, 6.45) is 2.39. The van der Waals surface area contributed by atoms with Gasteiger partial charge in [0.25, 0.3) is 5.56 Å². The van der Waals surface area contributed by atoms with Crippen LogP contribution in [0, 0.1) is 6.92 Å². The van der Waals surface area contributed by atoms with E-state index in [4.69, 9.17) is 4.42 Å². The minimum atomic E-state index is -0.199. The normalized spacial score (nSPS) is 10.6. The lowest BCUT2D eigenvalue weighted by molar-refractivity contribution is -0.116. The highest BCUT2D eigenvalue weighted by Gasteiger charge is 2.08. The Morgan fingerprint density at radius 2 is 2.00 bits per heavy atom. The highest BCUT2D eigenvalue weighted by Crippen LogP contribution is 2.15. The van der Waals surface area contributed by atoms with Crippen molar-refractivity contribution in [3.63, 3.8) is 0 Å². The lowest BCUT2D eigenvalue weighted by Gasteiger charge is -2.09. The molecule has 128 valence electrons. The molecule has 3 rings (SSSR count). The van der Waals surface area contributed by atoms with Gasteiger partial charge in [-0.2, -0.15) is 5.10 Å². The van der Waals surface area contributed by atoms with Crippen LogP contribution in [-0.4, -0.2) is 15.7 Å². The Bertz CT molecular complexity index is 914. The molecule has 2 aromatic heterocycles. The summed E-state index contributed by atoms with van der Waals surface area (Å²) in [4.78, 5) is 24.0. The maximum absolute atomic E-state index is 12.1. The first-order chi connectivity index (χ1) is 12.1. The molecule has 6 nitrogen and oxygen atoms in total. The molecular weight excluding hydrogens is 318 g/mol. The number of hydrogen-bond donors (Lipinski definition) is 1. The molecule has 0 radical (unpaired) electrons. The van der Waals surface area contributed by atoms with E-state index in [1.54, 1.807) is 24.5 Å². The van der Waals surface area contributed by atoms with Crippen LogP contribution >= 0.6 is 0 Å². The number of rotatable bonds is 6. The van der Waals surface area contributed by atoms with Gasteiger partial charge in [0.05, 0.1) is 6.26 Å². The highest BCUT2D eigenvalue weighted by molar-refractivity contribution is 5.91. The highest BCUT2D eigenvalue weighted by atomic mass is 16.3. The van der Waals surface area contributed by atoms with E-state index in [0.29, 0.717) is 30.8 Å². The van der Waals surface area contributed by atoms with Crippen LogP contribution in [0.2, 0.25) is 0 Å². The number of carbonyl (C=O) groups excluding carboxylic acids is 1. The fraction of sp³-hybridized carbons (Fsp3) is 0.211. The molecule has 0 aliphatic rings. The number of nitrogens with zero attached hydrogens (tertiary/aromatic N) is 2. The maximum Gasteiger partial charge on any atom is 0.266 e. The van der Waals surface area contributed by atoms with Gasteiger partial charge in [0.2, 0.25) is 5.91 Å². The van der Waals surface area contributed by atoms with Gasteiger partial charge in [-0.15, -0.1) is 0 Å². The predicted molar refractivity (Wildman–Crippen MR) is 95.2 cm³/mol. The molecule has 0 saturated carbocycles. The Labute approximate surface area is 145 Å². The zero-order valence-corrected chi connectivity index (χ0v) is 13.9. The zero-order chi connectivity index (χ0) is 17.6. The molecule has 0 atom stereocenters. The van der Waals surface area contributed by atoms with E-state index in [9.17, 15) is 9.59 Å². The monoisotopic (exact) mass is 337 g/mol. The molecule has 6 heteroatoms. The fourth-order valence-electron chi connectivity index (χ4n) is 2.48. The van der Waals surface area contributed by atoms with Crippen LogP contribution in [0.3, 0.4) is 0 Å². The van der Waals surface area contributed by atoms with Crippen LogP contribution in [0.5, 0.6) is 0 Å². The third kappa shape index (κ3) is 4.23. The van der Waals surface area contributed by atoms with Crippen molar-refractivity contribution in [1.82, 2.24) is 9.78 Å². The molecule has 1 aromatic carbocycles. The number of para-hydroxylation sites is 1. The molecule has 0 bridgehead atoms. The summed E-state index contributed by atoms with van der Waals surface area (Å²) in [5.41, 5.74) is 2.21. The molecule has 0 spiro atoms. The van der Waals surface area contributed by atoms with E-state index in [0.717, 1.165) is 11.3 Å². The molecular formula is C19H19N3O3. The molecule has 0 aliphatic heterocycles. The quantitative estimate of drug-likeness (QED) is 0.749. The van der Waals surface area contributed by atoms with Crippen molar-refractivity contribution < 1.29 is 9.21 Å². The Hall–Kier alpha value is -3.15. The molecule has 1 N–H and O–H groups in total. The first-order valence-corrected chi connectivity index (χ1v) is 8.11. The lowest BCUT2D eigenvalue weighted by Crippen LogP contribution is -2.23. The number of benzene rings is 1. The van der Waals surface area contributed by atoms with Crippen molar-refractivity contribution in [2.75, 3.05) is 5.32 Å². The second-order valence-corrected chi connectivity index (χ2v) is 5.72. The van der Waals surface area contributed by atoms with Gasteiger partial charge >= 0.3 is 0 Å². The average molecular weight is 337 g/mol. The molecule has 3 aromatic rings. The van der Waals surface area contributed by atoms with Gasteiger partial charge in [-0.05, 0) is 43.2 Å². The number of aromatic nitrogens is 2. The van der Waals surface area contributed by atoms with Crippen LogP contribution in [0.1, 0.15) is 18.4 Å². The molecule has 25 heavy (non-hydrogen) atoms. The predicted octanol–water partition coefficient (Wildman–Crippen LogP) is 3.23. The number of amides is 1. The van der Waals surface area contributed by atoms with E-state index >= 15 is 0 Å². The van der Waals surface area contributed by atoms with Crippen molar-refractivity contribution in [3.05, 3.63) is 70.7 Å². The van der Waals surface area contributed by atoms with Crippen LogP contribution < -0.4 is 10.9 Å². The summed E-state index contributed by atoms with van der Waals surface area (Å²) in [6.45, 7) is 2.31. The average Bonchev–Trinajstić information content (AvgIpc) is 3.13. The van der Waals surface area contributed by atoms with Crippen molar-refractivity contribution in [2.24, 2.45) is 0 Å². The molecule has 1 amide bonds. The zero-order valence-electron chi connectivity index (χ0n) is 13.9. The summed E-state index contributed by atoms with van der Waals surface area (Å²) >= 11 is 0. The van der Waals surface area contributed by atoms with Gasteiger partial charge in [0, 0.05) is 24.7 Å². The van der Waals surface area contributed by atoms with E-state index in [2.05, 4.69) is 10.4 Å². The maximum atomic E-state index is 12.1. The first-order valence-electron chi connectivity index (χ1n) is 8.11. The topological polar surface area (TPSA) is 77.1 Å². The number of hydrogen-bond acceptors (Lipinski definition) is 4. The SMILES string of the molecule is Cc1ccccc1NC(=O)CCCn1nc(-c2ccco2)ccc1=O. The van der Waals surface area contributed by atoms with Crippen molar-refractivity contribution in [2.45, 2.75) is 26.3 Å². The number of furan rings is 1. The van der Waals surface area contributed by atoms with Gasteiger partial charge in [-0.3, -0.25) is 9.59 Å². The van der Waals surface area contributed by atoms with Gasteiger partial charge in [-0.25, -0.2) is 4.68 Å². The minimum absolute atomic E-state index is 0.0791. The molecule has 2 heterocycles. The van der Waals surface area contributed by atoms with Crippen LogP contribution in [0.25, 0.3) is 11.5 Å². The van der Waals surface area contributed by atoms with E-state index in [1.807, 2.05) is 31.2 Å². The third-order valence-electron chi connectivity index (χ3n) is 3.83. The van der Waals surface area contributed by atoms with Gasteiger partial charge in [0.15, 0.2) is 5.76 Å². The minimum Gasteiger partial charge on any atom is -0.463 e. The third-order valence-corrected chi connectivity index (χ3v) is 3.83. The summed E-state index contributed by atoms with van der Waals surface area (Å²) in [6, 6.07) is 14.3. The Balaban J connectivity index is 1.58. The van der Waals surface area contributed by atoms with E-state index in [-0.39, 0.29) is 11.5 Å².